The Morgan fingerprint density at radius 2 is 2.12 bits per heavy atom. The molecular formula is C18H23N5O2. The van der Waals surface area contributed by atoms with Gasteiger partial charge in [-0.2, -0.15) is 4.68 Å². The van der Waals surface area contributed by atoms with Crippen LogP contribution < -0.4 is 0 Å². The molecule has 0 radical (unpaired) electrons. The van der Waals surface area contributed by atoms with Gasteiger partial charge in [-0.25, -0.2) is 0 Å². The third-order valence-electron chi connectivity index (χ3n) is 5.36. The molecule has 0 aliphatic carbocycles. The van der Waals surface area contributed by atoms with E-state index in [-0.39, 0.29) is 11.3 Å². The number of aryl methyl sites for hydroxylation is 1. The summed E-state index contributed by atoms with van der Waals surface area (Å²) in [4.78, 5) is 14.7. The number of rotatable bonds is 3. The zero-order chi connectivity index (χ0) is 17.3. The molecule has 0 saturated carbocycles. The van der Waals surface area contributed by atoms with E-state index in [1.165, 1.54) is 6.42 Å². The van der Waals surface area contributed by atoms with E-state index in [0.29, 0.717) is 6.42 Å². The van der Waals surface area contributed by atoms with E-state index < -0.39 is 0 Å². The van der Waals surface area contributed by atoms with Crippen molar-refractivity contribution < 1.29 is 9.53 Å². The molecule has 0 N–H and O–H groups in total. The van der Waals surface area contributed by atoms with Crippen molar-refractivity contribution in [1.82, 2.24) is 25.1 Å². The van der Waals surface area contributed by atoms with E-state index >= 15 is 0 Å². The van der Waals surface area contributed by atoms with Crippen LogP contribution in [0.4, 0.5) is 0 Å². The summed E-state index contributed by atoms with van der Waals surface area (Å²) in [5.41, 5.74) is 2.12. The summed E-state index contributed by atoms with van der Waals surface area (Å²) >= 11 is 0. The average molecular weight is 341 g/mol. The lowest BCUT2D eigenvalue weighted by atomic mass is 9.79. The lowest BCUT2D eigenvalue weighted by Crippen LogP contribution is -2.47. The molecule has 132 valence electrons. The number of tetrazole rings is 1. The van der Waals surface area contributed by atoms with Gasteiger partial charge in [0.1, 0.15) is 0 Å². The maximum absolute atomic E-state index is 12.7. The minimum Gasteiger partial charge on any atom is -0.381 e. The average Bonchev–Trinajstić information content (AvgIpc) is 3.25. The van der Waals surface area contributed by atoms with Gasteiger partial charge in [0.05, 0.1) is 18.7 Å². The first-order chi connectivity index (χ1) is 12.2. The molecular weight excluding hydrogens is 318 g/mol. The maximum Gasteiger partial charge on any atom is 0.227 e. The first-order valence-corrected chi connectivity index (χ1v) is 8.85. The number of likely N-dealkylation sites (tertiary alicyclic amines) is 1. The Morgan fingerprint density at radius 3 is 2.80 bits per heavy atom. The lowest BCUT2D eigenvalue weighted by molar-refractivity contribution is -0.134. The Bertz CT molecular complexity index is 749. The molecule has 2 fully saturated rings. The third-order valence-corrected chi connectivity index (χ3v) is 5.36. The van der Waals surface area contributed by atoms with Crippen LogP contribution in [0.2, 0.25) is 0 Å². The first kappa shape index (κ1) is 16.2. The third kappa shape index (κ3) is 3.28. The zero-order valence-electron chi connectivity index (χ0n) is 14.5. The van der Waals surface area contributed by atoms with Crippen LogP contribution in [0.1, 0.15) is 30.7 Å². The van der Waals surface area contributed by atoms with E-state index in [0.717, 1.165) is 56.2 Å². The van der Waals surface area contributed by atoms with Crippen molar-refractivity contribution in [2.75, 3.05) is 26.3 Å². The van der Waals surface area contributed by atoms with Gasteiger partial charge in [-0.15, -0.1) is 5.10 Å². The van der Waals surface area contributed by atoms with Crippen LogP contribution in [0.5, 0.6) is 0 Å². The SMILES string of the molecule is Cc1nnnn1-c1ccc(CC(=O)N2CCC[C@]3(CCOC3)C2)cc1. The largest absolute Gasteiger partial charge is 0.381 e. The molecule has 2 saturated heterocycles. The van der Waals surface area contributed by atoms with Gasteiger partial charge >= 0.3 is 0 Å². The first-order valence-electron chi connectivity index (χ1n) is 8.85. The molecule has 2 aliphatic rings. The van der Waals surface area contributed by atoms with Crippen LogP contribution in [-0.4, -0.2) is 57.3 Å². The van der Waals surface area contributed by atoms with Crippen LogP contribution in [0.15, 0.2) is 24.3 Å². The van der Waals surface area contributed by atoms with Gasteiger partial charge < -0.3 is 9.64 Å². The fraction of sp³-hybridized carbons (Fsp3) is 0.556. The number of hydrogen-bond donors (Lipinski definition) is 0. The Labute approximate surface area is 147 Å². The summed E-state index contributed by atoms with van der Waals surface area (Å²) in [5.74, 6) is 0.943. The maximum atomic E-state index is 12.7. The van der Waals surface area contributed by atoms with Crippen LogP contribution in [0.3, 0.4) is 0 Å². The number of piperidine rings is 1. The highest BCUT2D eigenvalue weighted by Gasteiger charge is 2.40. The highest BCUT2D eigenvalue weighted by Crippen LogP contribution is 2.37. The Hall–Kier alpha value is -2.28. The summed E-state index contributed by atoms with van der Waals surface area (Å²) in [5, 5.41) is 11.5. The molecule has 4 rings (SSSR count). The molecule has 25 heavy (non-hydrogen) atoms. The topological polar surface area (TPSA) is 73.1 Å². The van der Waals surface area contributed by atoms with Crippen molar-refractivity contribution in [3.05, 3.63) is 35.7 Å². The van der Waals surface area contributed by atoms with Gasteiger partial charge in [0.15, 0.2) is 5.82 Å². The van der Waals surface area contributed by atoms with Crippen molar-refractivity contribution >= 4 is 5.91 Å². The van der Waals surface area contributed by atoms with Crippen molar-refractivity contribution in [3.8, 4) is 5.69 Å². The molecule has 1 aromatic carbocycles. The number of hydrogen-bond acceptors (Lipinski definition) is 5. The van der Waals surface area contributed by atoms with Gasteiger partial charge in [-0.3, -0.25) is 4.79 Å². The molecule has 0 unspecified atom stereocenters. The molecule has 2 aromatic rings. The Kier molecular flexibility index (Phi) is 4.25. The Morgan fingerprint density at radius 1 is 1.28 bits per heavy atom. The highest BCUT2D eigenvalue weighted by atomic mass is 16.5. The normalized spacial score (nSPS) is 23.3. The number of amides is 1. The summed E-state index contributed by atoms with van der Waals surface area (Å²) in [7, 11) is 0. The van der Waals surface area contributed by atoms with E-state index in [4.69, 9.17) is 4.74 Å². The fourth-order valence-electron chi connectivity index (χ4n) is 3.90. The van der Waals surface area contributed by atoms with Crippen molar-refractivity contribution in [2.45, 2.75) is 32.6 Å². The number of carbonyl (C=O) groups is 1. The van der Waals surface area contributed by atoms with Crippen molar-refractivity contribution in [3.63, 3.8) is 0 Å². The molecule has 0 bridgehead atoms. The molecule has 3 heterocycles. The molecule has 1 spiro atoms. The molecule has 2 aliphatic heterocycles. The Balaban J connectivity index is 1.41. The quantitative estimate of drug-likeness (QED) is 0.847. The van der Waals surface area contributed by atoms with Crippen molar-refractivity contribution in [2.24, 2.45) is 5.41 Å². The smallest absolute Gasteiger partial charge is 0.227 e. The van der Waals surface area contributed by atoms with Crippen LogP contribution >= 0.6 is 0 Å². The number of nitrogens with zero attached hydrogens (tertiary/aromatic N) is 5. The summed E-state index contributed by atoms with van der Waals surface area (Å²) < 4.78 is 7.27. The monoisotopic (exact) mass is 341 g/mol. The number of carbonyl (C=O) groups excluding carboxylic acids is 1. The zero-order valence-corrected chi connectivity index (χ0v) is 14.5. The van der Waals surface area contributed by atoms with E-state index in [2.05, 4.69) is 15.5 Å². The molecule has 7 heteroatoms. The number of aromatic nitrogens is 4. The van der Waals surface area contributed by atoms with E-state index in [9.17, 15) is 4.79 Å². The minimum atomic E-state index is 0.204. The molecule has 1 aromatic heterocycles. The van der Waals surface area contributed by atoms with Crippen LogP contribution in [-0.2, 0) is 16.0 Å². The van der Waals surface area contributed by atoms with Crippen LogP contribution in [0.25, 0.3) is 5.69 Å². The second-order valence-electron chi connectivity index (χ2n) is 7.20. The summed E-state index contributed by atoms with van der Waals surface area (Å²) in [6, 6.07) is 7.86. The predicted octanol–water partition coefficient (Wildman–Crippen LogP) is 1.54. The second-order valence-corrected chi connectivity index (χ2v) is 7.20. The molecule has 1 amide bonds. The summed E-state index contributed by atoms with van der Waals surface area (Å²) in [6.45, 7) is 5.20. The van der Waals surface area contributed by atoms with E-state index in [1.807, 2.05) is 36.1 Å². The minimum absolute atomic E-state index is 0.204. The molecule has 7 nitrogen and oxygen atoms in total. The number of ether oxygens (including phenoxy) is 1. The van der Waals surface area contributed by atoms with Gasteiger partial charge in [-0.1, -0.05) is 12.1 Å². The van der Waals surface area contributed by atoms with Gasteiger partial charge in [0.2, 0.25) is 5.91 Å². The second kappa shape index (κ2) is 6.55. The van der Waals surface area contributed by atoms with Gasteiger partial charge in [-0.05, 0) is 54.3 Å². The van der Waals surface area contributed by atoms with Crippen molar-refractivity contribution in [1.29, 1.82) is 0 Å². The van der Waals surface area contributed by atoms with E-state index in [1.54, 1.807) is 4.68 Å². The number of benzene rings is 1. The fourth-order valence-corrected chi connectivity index (χ4v) is 3.90. The van der Waals surface area contributed by atoms with Gasteiger partial charge in [0.25, 0.3) is 0 Å². The molecule has 1 atom stereocenters. The highest BCUT2D eigenvalue weighted by molar-refractivity contribution is 5.79. The standard InChI is InChI=1S/C18H23N5O2/c1-14-19-20-21-23(14)16-5-3-15(4-6-16)11-17(24)22-9-2-7-18(12-22)8-10-25-13-18/h3-6H,2,7-13H2,1H3/t18-/m0/s1. The lowest BCUT2D eigenvalue weighted by Gasteiger charge is -2.39. The predicted molar refractivity (Wildman–Crippen MR) is 91.3 cm³/mol. The van der Waals surface area contributed by atoms with Gasteiger partial charge in [0, 0.05) is 25.1 Å². The van der Waals surface area contributed by atoms with Crippen LogP contribution in [0, 0.1) is 12.3 Å². The summed E-state index contributed by atoms with van der Waals surface area (Å²) in [6.07, 6.45) is 3.77.